The number of anilines is 1. The monoisotopic (exact) mass is 280 g/mol. The average Bonchev–Trinajstić information content (AvgIpc) is 2.80. The highest BCUT2D eigenvalue weighted by Crippen LogP contribution is 2.35. The molecule has 0 aliphatic rings. The van der Waals surface area contributed by atoms with Gasteiger partial charge in [-0.3, -0.25) is 0 Å². The van der Waals surface area contributed by atoms with Crippen molar-refractivity contribution >= 4 is 5.69 Å². The molecule has 0 unspecified atom stereocenters. The molecule has 0 radical (unpaired) electrons. The molecule has 0 saturated heterocycles. The second-order valence-electron chi connectivity index (χ2n) is 4.20. The van der Waals surface area contributed by atoms with Crippen LogP contribution in [-0.4, -0.2) is 9.97 Å². The van der Waals surface area contributed by atoms with Crippen LogP contribution in [0.1, 0.15) is 22.5 Å². The van der Waals surface area contributed by atoms with Crippen LogP contribution in [0.5, 0.6) is 0 Å². The number of nitrogens with one attached hydrogen (secondary N) is 2. The molecule has 0 amide bonds. The number of benzene rings is 1. The number of H-pyrrole nitrogens is 1. The number of aryl methyl sites for hydroxylation is 1. The maximum absolute atomic E-state index is 12.9. The largest absolute Gasteiger partial charge is 0.418 e. The van der Waals surface area contributed by atoms with Gasteiger partial charge in [-0.05, 0) is 25.1 Å². The molecular formula is C13H11F3N4. The Morgan fingerprint density at radius 2 is 2.15 bits per heavy atom. The SMILES string of the molecule is Cc1[nH]cnc1CNc1ccc(C#N)cc1C(F)(F)F. The lowest BCUT2D eigenvalue weighted by Crippen LogP contribution is -2.11. The predicted octanol–water partition coefficient (Wildman–Crippen LogP) is 3.22. The molecule has 0 bridgehead atoms. The van der Waals surface area contributed by atoms with Gasteiger partial charge in [0.15, 0.2) is 0 Å². The van der Waals surface area contributed by atoms with E-state index in [2.05, 4.69) is 15.3 Å². The number of hydrogen-bond acceptors (Lipinski definition) is 3. The van der Waals surface area contributed by atoms with E-state index >= 15 is 0 Å². The number of hydrogen-bond donors (Lipinski definition) is 2. The summed E-state index contributed by atoms with van der Waals surface area (Å²) in [7, 11) is 0. The summed E-state index contributed by atoms with van der Waals surface area (Å²) in [6.07, 6.45) is -3.04. The fourth-order valence-electron chi connectivity index (χ4n) is 1.75. The maximum Gasteiger partial charge on any atom is 0.418 e. The molecule has 0 saturated carbocycles. The number of nitriles is 1. The van der Waals surface area contributed by atoms with E-state index in [1.807, 2.05) is 0 Å². The lowest BCUT2D eigenvalue weighted by Gasteiger charge is -2.14. The summed E-state index contributed by atoms with van der Waals surface area (Å²) in [5.74, 6) is 0. The molecule has 0 atom stereocenters. The summed E-state index contributed by atoms with van der Waals surface area (Å²) in [5.41, 5.74) is 0.477. The van der Waals surface area contributed by atoms with Crippen LogP contribution in [0, 0.1) is 18.3 Å². The summed E-state index contributed by atoms with van der Waals surface area (Å²) < 4.78 is 38.8. The predicted molar refractivity (Wildman–Crippen MR) is 66.8 cm³/mol. The van der Waals surface area contributed by atoms with Crippen molar-refractivity contribution in [3.05, 3.63) is 47.0 Å². The summed E-state index contributed by atoms with van der Waals surface area (Å²) in [5, 5.41) is 11.4. The highest BCUT2D eigenvalue weighted by atomic mass is 19.4. The number of aromatic nitrogens is 2. The summed E-state index contributed by atoms with van der Waals surface area (Å²) in [4.78, 5) is 6.86. The normalized spacial score (nSPS) is 11.2. The molecule has 1 aromatic carbocycles. The van der Waals surface area contributed by atoms with Crippen LogP contribution in [0.15, 0.2) is 24.5 Å². The number of imidazole rings is 1. The molecule has 7 heteroatoms. The first-order valence-electron chi connectivity index (χ1n) is 5.76. The van der Waals surface area contributed by atoms with Gasteiger partial charge >= 0.3 is 6.18 Å². The number of nitrogens with zero attached hydrogens (tertiary/aromatic N) is 2. The van der Waals surface area contributed by atoms with E-state index in [-0.39, 0.29) is 17.8 Å². The van der Waals surface area contributed by atoms with Crippen LogP contribution in [0.25, 0.3) is 0 Å². The first-order valence-corrected chi connectivity index (χ1v) is 5.76. The number of aromatic amines is 1. The van der Waals surface area contributed by atoms with Crippen LogP contribution in [0.4, 0.5) is 18.9 Å². The molecular weight excluding hydrogens is 269 g/mol. The van der Waals surface area contributed by atoms with E-state index < -0.39 is 11.7 Å². The Morgan fingerprint density at radius 1 is 1.40 bits per heavy atom. The van der Waals surface area contributed by atoms with Gasteiger partial charge in [-0.1, -0.05) is 0 Å². The third kappa shape index (κ3) is 2.91. The van der Waals surface area contributed by atoms with E-state index in [0.29, 0.717) is 5.69 Å². The van der Waals surface area contributed by atoms with E-state index in [0.717, 1.165) is 11.8 Å². The molecule has 2 aromatic rings. The Morgan fingerprint density at radius 3 is 2.70 bits per heavy atom. The molecule has 0 aliphatic carbocycles. The van der Waals surface area contributed by atoms with Gasteiger partial charge in [-0.15, -0.1) is 0 Å². The number of rotatable bonds is 3. The summed E-state index contributed by atoms with van der Waals surface area (Å²) in [6, 6.07) is 5.13. The van der Waals surface area contributed by atoms with Crippen LogP contribution < -0.4 is 5.32 Å². The minimum Gasteiger partial charge on any atom is -0.379 e. The first kappa shape index (κ1) is 13.9. The van der Waals surface area contributed by atoms with E-state index in [1.54, 1.807) is 13.0 Å². The van der Waals surface area contributed by atoms with Gasteiger partial charge in [0.1, 0.15) is 0 Å². The van der Waals surface area contributed by atoms with Crippen molar-refractivity contribution in [1.29, 1.82) is 5.26 Å². The Bertz CT molecular complexity index is 652. The van der Waals surface area contributed by atoms with E-state index in [4.69, 9.17) is 5.26 Å². The highest BCUT2D eigenvalue weighted by molar-refractivity contribution is 5.56. The van der Waals surface area contributed by atoms with Gasteiger partial charge < -0.3 is 10.3 Å². The van der Waals surface area contributed by atoms with E-state index in [9.17, 15) is 13.2 Å². The van der Waals surface area contributed by atoms with Crippen molar-refractivity contribution < 1.29 is 13.2 Å². The summed E-state index contributed by atoms with van der Waals surface area (Å²) in [6.45, 7) is 1.96. The van der Waals surface area contributed by atoms with Gasteiger partial charge in [0.25, 0.3) is 0 Å². The second kappa shape index (κ2) is 5.25. The van der Waals surface area contributed by atoms with Crippen LogP contribution in [0.2, 0.25) is 0 Å². The maximum atomic E-state index is 12.9. The molecule has 1 heterocycles. The standard InChI is InChI=1S/C13H11F3N4/c1-8-12(20-7-19-8)6-18-11-3-2-9(5-17)4-10(11)13(14,15)16/h2-4,7,18H,6H2,1H3,(H,19,20). The zero-order valence-electron chi connectivity index (χ0n) is 10.5. The van der Waals surface area contributed by atoms with Gasteiger partial charge in [0.05, 0.1) is 35.8 Å². The van der Waals surface area contributed by atoms with Crippen molar-refractivity contribution in [2.45, 2.75) is 19.6 Å². The van der Waals surface area contributed by atoms with Crippen LogP contribution in [-0.2, 0) is 12.7 Å². The van der Waals surface area contributed by atoms with Crippen LogP contribution in [0.3, 0.4) is 0 Å². The van der Waals surface area contributed by atoms with Crippen molar-refractivity contribution in [3.8, 4) is 6.07 Å². The minimum absolute atomic E-state index is 0.0289. The molecule has 104 valence electrons. The van der Waals surface area contributed by atoms with Crippen molar-refractivity contribution in [3.63, 3.8) is 0 Å². The molecule has 20 heavy (non-hydrogen) atoms. The smallest absolute Gasteiger partial charge is 0.379 e. The molecule has 0 spiro atoms. The zero-order chi connectivity index (χ0) is 14.8. The number of alkyl halides is 3. The average molecular weight is 280 g/mol. The lowest BCUT2D eigenvalue weighted by atomic mass is 10.1. The van der Waals surface area contributed by atoms with Gasteiger partial charge in [-0.25, -0.2) is 4.98 Å². The first-order chi connectivity index (χ1) is 9.41. The quantitative estimate of drug-likeness (QED) is 0.907. The van der Waals surface area contributed by atoms with Crippen LogP contribution >= 0.6 is 0 Å². The third-order valence-electron chi connectivity index (χ3n) is 2.83. The lowest BCUT2D eigenvalue weighted by molar-refractivity contribution is -0.137. The molecule has 0 aliphatic heterocycles. The van der Waals surface area contributed by atoms with Gasteiger partial charge in [0, 0.05) is 11.4 Å². The Balaban J connectivity index is 2.28. The molecule has 0 fully saturated rings. The Labute approximate surface area is 113 Å². The van der Waals surface area contributed by atoms with Crippen molar-refractivity contribution in [2.75, 3.05) is 5.32 Å². The fourth-order valence-corrected chi connectivity index (χ4v) is 1.75. The minimum atomic E-state index is -4.52. The highest BCUT2D eigenvalue weighted by Gasteiger charge is 2.33. The van der Waals surface area contributed by atoms with Crippen molar-refractivity contribution in [1.82, 2.24) is 9.97 Å². The zero-order valence-corrected chi connectivity index (χ0v) is 10.5. The van der Waals surface area contributed by atoms with Crippen molar-refractivity contribution in [2.24, 2.45) is 0 Å². The Hall–Kier alpha value is -2.49. The van der Waals surface area contributed by atoms with Gasteiger partial charge in [-0.2, -0.15) is 18.4 Å². The fraction of sp³-hybridized carbons (Fsp3) is 0.231. The third-order valence-corrected chi connectivity index (χ3v) is 2.83. The molecule has 2 rings (SSSR count). The number of halogens is 3. The Kier molecular flexibility index (Phi) is 3.66. The second-order valence-corrected chi connectivity index (χ2v) is 4.20. The summed E-state index contributed by atoms with van der Waals surface area (Å²) >= 11 is 0. The topological polar surface area (TPSA) is 64.5 Å². The van der Waals surface area contributed by atoms with Gasteiger partial charge in [0.2, 0.25) is 0 Å². The molecule has 2 N–H and O–H groups in total. The molecule has 1 aromatic heterocycles. The van der Waals surface area contributed by atoms with E-state index in [1.165, 1.54) is 18.5 Å². The molecule has 4 nitrogen and oxygen atoms in total.